The van der Waals surface area contributed by atoms with E-state index in [1.165, 1.54) is 12.3 Å². The monoisotopic (exact) mass is 363 g/mol. The van der Waals surface area contributed by atoms with Crippen molar-refractivity contribution in [2.24, 2.45) is 5.41 Å². The van der Waals surface area contributed by atoms with Crippen LogP contribution in [0.5, 0.6) is 0 Å². The zero-order valence-electron chi connectivity index (χ0n) is 16.3. The molecule has 0 saturated carbocycles. The fourth-order valence-electron chi connectivity index (χ4n) is 2.24. The number of amides is 1. The molecule has 0 atom stereocenters. The maximum atomic E-state index is 12.3. The first-order valence-corrected chi connectivity index (χ1v) is 8.91. The minimum Gasteiger partial charge on any atom is -0.478 e. The number of hydrogen-bond donors (Lipinski definition) is 2. The molecule has 1 aromatic heterocycles. The normalized spacial score (nSPS) is 11.1. The van der Waals surface area contributed by atoms with Crippen LogP contribution in [0, 0.1) is 5.41 Å². The number of carbonyl (C=O) groups excluding carboxylic acids is 2. The van der Waals surface area contributed by atoms with Crippen molar-refractivity contribution in [3.8, 4) is 0 Å². The number of anilines is 2. The molecule has 26 heavy (non-hydrogen) atoms. The van der Waals surface area contributed by atoms with Crippen LogP contribution in [-0.4, -0.2) is 40.8 Å². The molecule has 0 aliphatic rings. The van der Waals surface area contributed by atoms with E-state index in [1.807, 2.05) is 34.6 Å². The van der Waals surface area contributed by atoms with Gasteiger partial charge in [0.05, 0.1) is 18.4 Å². The van der Waals surface area contributed by atoms with Crippen LogP contribution in [0.3, 0.4) is 0 Å². The van der Waals surface area contributed by atoms with Gasteiger partial charge in [-0.25, -0.2) is 9.78 Å². The lowest BCUT2D eigenvalue weighted by molar-refractivity contribution is -0.124. The highest BCUT2D eigenvalue weighted by Crippen LogP contribution is 2.23. The van der Waals surface area contributed by atoms with Gasteiger partial charge in [-0.1, -0.05) is 34.1 Å². The summed E-state index contributed by atoms with van der Waals surface area (Å²) in [5.74, 6) is -1.11. The van der Waals surface area contributed by atoms with Crippen molar-refractivity contribution in [1.82, 2.24) is 4.98 Å². The van der Waals surface area contributed by atoms with Gasteiger partial charge in [0, 0.05) is 18.4 Å². The lowest BCUT2D eigenvalue weighted by Crippen LogP contribution is -2.37. The summed E-state index contributed by atoms with van der Waals surface area (Å²) in [6, 6.07) is 1.39. The van der Waals surface area contributed by atoms with Gasteiger partial charge in [-0.05, 0) is 19.4 Å². The van der Waals surface area contributed by atoms with Crippen molar-refractivity contribution < 1.29 is 19.5 Å². The number of aromatic carboxylic acids is 1. The topological polar surface area (TPSA) is 99.6 Å². The van der Waals surface area contributed by atoms with E-state index in [0.29, 0.717) is 18.7 Å². The number of hydrogen-bond acceptors (Lipinski definition) is 5. The Balaban J connectivity index is 3.08. The van der Waals surface area contributed by atoms with Crippen molar-refractivity contribution >= 4 is 29.2 Å². The Hall–Kier alpha value is -2.44. The summed E-state index contributed by atoms with van der Waals surface area (Å²) in [5.41, 5.74) is -0.225. The van der Waals surface area contributed by atoms with Crippen molar-refractivity contribution in [3.05, 3.63) is 17.8 Å². The Morgan fingerprint density at radius 2 is 1.88 bits per heavy atom. The molecule has 7 nitrogen and oxygen atoms in total. The number of carboxylic acid groups (broad SMARTS) is 1. The average molecular weight is 363 g/mol. The largest absolute Gasteiger partial charge is 0.478 e. The van der Waals surface area contributed by atoms with Gasteiger partial charge in [0.15, 0.2) is 5.78 Å². The summed E-state index contributed by atoms with van der Waals surface area (Å²) >= 11 is 0. The third kappa shape index (κ3) is 6.13. The van der Waals surface area contributed by atoms with Crippen molar-refractivity contribution in [3.63, 3.8) is 0 Å². The van der Waals surface area contributed by atoms with E-state index in [2.05, 4.69) is 10.3 Å². The Morgan fingerprint density at radius 1 is 1.23 bits per heavy atom. The molecule has 1 rings (SSSR count). The van der Waals surface area contributed by atoms with Gasteiger partial charge in [0.25, 0.3) is 0 Å². The fourth-order valence-corrected chi connectivity index (χ4v) is 2.24. The van der Waals surface area contributed by atoms with Gasteiger partial charge in [0.1, 0.15) is 11.4 Å². The number of carboxylic acids is 1. The van der Waals surface area contributed by atoms with E-state index in [-0.39, 0.29) is 29.6 Å². The molecule has 0 fully saturated rings. The number of ketones is 1. The number of nitrogens with zero attached hydrogens (tertiary/aromatic N) is 2. The van der Waals surface area contributed by atoms with Crippen LogP contribution in [0.15, 0.2) is 12.3 Å². The minimum atomic E-state index is -1.15. The molecule has 1 aromatic rings. The summed E-state index contributed by atoms with van der Waals surface area (Å²) in [6.45, 7) is 9.82. The summed E-state index contributed by atoms with van der Waals surface area (Å²) in [5, 5.41) is 12.2. The summed E-state index contributed by atoms with van der Waals surface area (Å²) in [7, 11) is 0. The van der Waals surface area contributed by atoms with Gasteiger partial charge >= 0.3 is 5.97 Å². The molecule has 0 aliphatic carbocycles. The van der Waals surface area contributed by atoms with Gasteiger partial charge in [-0.2, -0.15) is 0 Å². The zero-order chi connectivity index (χ0) is 19.9. The Labute approximate surface area is 154 Å². The molecule has 0 spiro atoms. The fraction of sp³-hybridized carbons (Fsp3) is 0.579. The van der Waals surface area contributed by atoms with E-state index in [0.717, 1.165) is 12.8 Å². The highest BCUT2D eigenvalue weighted by atomic mass is 16.4. The number of Topliss-reactive ketones (excluding diaryl/α,β-unsaturated/α-hetero) is 1. The first kappa shape index (κ1) is 21.6. The summed E-state index contributed by atoms with van der Waals surface area (Å²) in [6.07, 6.45) is 3.47. The molecule has 7 heteroatoms. The van der Waals surface area contributed by atoms with Gasteiger partial charge in [-0.15, -0.1) is 0 Å². The SMILES string of the molecule is CCCCC(=O)Nc1cnc(N(CC)CC(=O)C(C)(C)C)c(C(=O)O)c1. The van der Waals surface area contributed by atoms with E-state index >= 15 is 0 Å². The highest BCUT2D eigenvalue weighted by molar-refractivity contribution is 5.98. The van der Waals surface area contributed by atoms with Crippen LogP contribution in [0.2, 0.25) is 0 Å². The van der Waals surface area contributed by atoms with Crippen LogP contribution in [0.1, 0.15) is 64.2 Å². The lowest BCUT2D eigenvalue weighted by Gasteiger charge is -2.26. The standard InChI is InChI=1S/C19H29N3O4/c1-6-8-9-16(24)21-13-10-14(18(25)26)17(20-11-13)22(7-2)12-15(23)19(3,4)5/h10-11H,6-9,12H2,1-5H3,(H,21,24)(H,25,26). The number of pyridine rings is 1. The molecule has 0 radical (unpaired) electrons. The maximum absolute atomic E-state index is 12.3. The summed E-state index contributed by atoms with van der Waals surface area (Å²) < 4.78 is 0. The molecule has 0 aliphatic heterocycles. The second-order valence-corrected chi connectivity index (χ2v) is 7.24. The second-order valence-electron chi connectivity index (χ2n) is 7.24. The molecule has 0 aromatic carbocycles. The summed E-state index contributed by atoms with van der Waals surface area (Å²) in [4.78, 5) is 41.7. The second kappa shape index (κ2) is 9.31. The Morgan fingerprint density at radius 3 is 2.38 bits per heavy atom. The minimum absolute atomic E-state index is 0.00515. The van der Waals surface area contributed by atoms with Gasteiger partial charge < -0.3 is 15.3 Å². The third-order valence-electron chi connectivity index (χ3n) is 3.99. The number of nitrogens with one attached hydrogen (secondary N) is 1. The van der Waals surface area contributed by atoms with Crippen LogP contribution < -0.4 is 10.2 Å². The molecule has 1 heterocycles. The first-order chi connectivity index (χ1) is 12.1. The maximum Gasteiger partial charge on any atom is 0.339 e. The van der Waals surface area contributed by atoms with Crippen LogP contribution >= 0.6 is 0 Å². The molecule has 2 N–H and O–H groups in total. The molecule has 0 saturated heterocycles. The van der Waals surface area contributed by atoms with Crippen molar-refractivity contribution in [1.29, 1.82) is 0 Å². The van der Waals surface area contributed by atoms with Gasteiger partial charge in [-0.3, -0.25) is 9.59 Å². The lowest BCUT2D eigenvalue weighted by atomic mass is 9.90. The number of carbonyl (C=O) groups is 3. The van der Waals surface area contributed by atoms with E-state index < -0.39 is 11.4 Å². The van der Waals surface area contributed by atoms with Crippen molar-refractivity contribution in [2.75, 3.05) is 23.3 Å². The Bertz CT molecular complexity index is 665. The van der Waals surface area contributed by atoms with E-state index in [1.54, 1.807) is 4.90 Å². The van der Waals surface area contributed by atoms with E-state index in [9.17, 15) is 19.5 Å². The molecular formula is C19H29N3O4. The predicted octanol–water partition coefficient (Wildman–Crippen LogP) is 3.35. The molecule has 0 unspecified atom stereocenters. The molecule has 144 valence electrons. The predicted molar refractivity (Wildman–Crippen MR) is 102 cm³/mol. The average Bonchev–Trinajstić information content (AvgIpc) is 2.56. The number of unbranched alkanes of at least 4 members (excludes halogenated alkanes) is 1. The number of rotatable bonds is 9. The highest BCUT2D eigenvalue weighted by Gasteiger charge is 2.26. The van der Waals surface area contributed by atoms with Crippen LogP contribution in [0.4, 0.5) is 11.5 Å². The Kier molecular flexibility index (Phi) is 7.74. The van der Waals surface area contributed by atoms with E-state index in [4.69, 9.17) is 0 Å². The number of aromatic nitrogens is 1. The first-order valence-electron chi connectivity index (χ1n) is 8.91. The smallest absolute Gasteiger partial charge is 0.339 e. The van der Waals surface area contributed by atoms with Crippen molar-refractivity contribution in [2.45, 2.75) is 53.9 Å². The molecular weight excluding hydrogens is 334 g/mol. The van der Waals surface area contributed by atoms with Crippen LogP contribution in [-0.2, 0) is 9.59 Å². The number of likely N-dealkylation sites (N-methyl/N-ethyl adjacent to an activating group) is 1. The zero-order valence-corrected chi connectivity index (χ0v) is 16.3. The quantitative estimate of drug-likeness (QED) is 0.698. The molecule has 0 bridgehead atoms. The molecule has 1 amide bonds. The third-order valence-corrected chi connectivity index (χ3v) is 3.99. The van der Waals surface area contributed by atoms with Gasteiger partial charge in [0.2, 0.25) is 5.91 Å². The van der Waals surface area contributed by atoms with Crippen LogP contribution in [0.25, 0.3) is 0 Å².